The molecule has 0 atom stereocenters. The van der Waals surface area contributed by atoms with Crippen LogP contribution in [0.4, 0.5) is 0 Å². The highest BCUT2D eigenvalue weighted by molar-refractivity contribution is 5.16. The molecule has 3 heteroatoms. The molecule has 0 aliphatic heterocycles. The van der Waals surface area contributed by atoms with Gasteiger partial charge >= 0.3 is 0 Å². The van der Waals surface area contributed by atoms with Crippen LogP contribution in [-0.4, -0.2) is 10.1 Å². The van der Waals surface area contributed by atoms with E-state index in [9.17, 15) is 0 Å². The van der Waals surface area contributed by atoms with E-state index in [4.69, 9.17) is 0 Å². The van der Waals surface area contributed by atoms with Gasteiger partial charge in [0.1, 0.15) is 0 Å². The summed E-state index contributed by atoms with van der Waals surface area (Å²) in [7, 11) is 0. The lowest BCUT2D eigenvalue weighted by molar-refractivity contribution is -0.449. The molecule has 0 aliphatic rings. The van der Waals surface area contributed by atoms with Crippen LogP contribution in [0.3, 0.4) is 0 Å². The highest BCUT2D eigenvalue weighted by Gasteiger charge is 1.97. The fraction of sp³-hybridized carbons (Fsp3) is 0.111. The van der Waals surface area contributed by atoms with Crippen LogP contribution in [0.1, 0.15) is 11.3 Å². The van der Waals surface area contributed by atoms with Crippen molar-refractivity contribution in [3.63, 3.8) is 0 Å². The van der Waals surface area contributed by atoms with Gasteiger partial charge in [0, 0.05) is 24.9 Å². The minimum atomic E-state index is 0.923. The summed E-state index contributed by atoms with van der Waals surface area (Å²) in [4.78, 5) is 3.96. The molecule has 0 saturated heterocycles. The number of nitrogens with zero attached hydrogens (tertiary/aromatic N) is 1. The Morgan fingerprint density at radius 2 is 2.08 bits per heavy atom. The molecule has 0 spiro atoms. The summed E-state index contributed by atoms with van der Waals surface area (Å²) in [5.74, 6) is 0. The van der Waals surface area contributed by atoms with E-state index in [1.807, 2.05) is 36.8 Å². The standard InChI is InChI=1S/C9H9N3/c1-4-10-5-2-8(1)7-9-3-6-11-12-9/h1-6H,7H2,(H,11,12)/p+1. The molecule has 0 fully saturated rings. The van der Waals surface area contributed by atoms with E-state index < -0.39 is 0 Å². The topological polar surface area (TPSA) is 42.8 Å². The largest absolute Gasteiger partial charge is 0.265 e. The molecule has 0 amide bonds. The van der Waals surface area contributed by atoms with Gasteiger partial charge in [0.05, 0.1) is 5.69 Å². The smallest absolute Gasteiger partial charge is 0.193 e. The average Bonchev–Trinajstić information content (AvgIpc) is 2.59. The summed E-state index contributed by atoms with van der Waals surface area (Å²) in [5.41, 5.74) is 2.45. The maximum absolute atomic E-state index is 3.96. The number of nitrogens with one attached hydrogen (secondary N) is 2. The summed E-state index contributed by atoms with van der Waals surface area (Å²) >= 11 is 0. The van der Waals surface area contributed by atoms with Gasteiger partial charge in [0.15, 0.2) is 6.20 Å². The van der Waals surface area contributed by atoms with Crippen LogP contribution >= 0.6 is 0 Å². The molecule has 60 valence electrons. The third-order valence-electron chi connectivity index (χ3n) is 1.74. The third-order valence-corrected chi connectivity index (χ3v) is 1.74. The van der Waals surface area contributed by atoms with Gasteiger partial charge in [-0.25, -0.2) is 0 Å². The van der Waals surface area contributed by atoms with Crippen LogP contribution in [0.2, 0.25) is 0 Å². The number of hydrogen-bond acceptors (Lipinski definition) is 1. The van der Waals surface area contributed by atoms with Gasteiger partial charge in [0.2, 0.25) is 0 Å². The summed E-state index contributed by atoms with van der Waals surface area (Å²) in [6.45, 7) is 0. The lowest BCUT2D eigenvalue weighted by atomic mass is 10.1. The number of hydrogen-bond donors (Lipinski definition) is 1. The van der Waals surface area contributed by atoms with E-state index in [-0.39, 0.29) is 0 Å². The first-order valence-corrected chi connectivity index (χ1v) is 3.88. The van der Waals surface area contributed by atoms with E-state index in [0.717, 1.165) is 6.42 Å². The predicted molar refractivity (Wildman–Crippen MR) is 44.4 cm³/mol. The molecule has 0 aliphatic carbocycles. The molecule has 3 nitrogen and oxygen atoms in total. The van der Waals surface area contributed by atoms with Crippen molar-refractivity contribution in [2.24, 2.45) is 0 Å². The van der Waals surface area contributed by atoms with Crippen LogP contribution < -0.4 is 5.10 Å². The van der Waals surface area contributed by atoms with E-state index in [0.29, 0.717) is 0 Å². The average molecular weight is 160 g/mol. The normalized spacial score (nSPS) is 10.0. The highest BCUT2D eigenvalue weighted by Crippen LogP contribution is 2.02. The summed E-state index contributed by atoms with van der Waals surface area (Å²) in [6.07, 6.45) is 6.42. The molecule has 2 aromatic heterocycles. The fourth-order valence-corrected chi connectivity index (χ4v) is 1.14. The lowest BCUT2D eigenvalue weighted by Gasteiger charge is -1.94. The Labute approximate surface area is 70.5 Å². The van der Waals surface area contributed by atoms with E-state index in [1.165, 1.54) is 11.3 Å². The van der Waals surface area contributed by atoms with Gasteiger partial charge < -0.3 is 0 Å². The SMILES string of the molecule is c1cc(Cc2cc[nH+][nH]2)ccn1. The minimum Gasteiger partial charge on any atom is -0.265 e. The molecular formula is C9H10N3+. The van der Waals surface area contributed by atoms with Crippen molar-refractivity contribution in [3.8, 4) is 0 Å². The molecule has 2 aromatic rings. The Balaban J connectivity index is 2.15. The zero-order chi connectivity index (χ0) is 8.23. The molecule has 0 saturated carbocycles. The van der Waals surface area contributed by atoms with Gasteiger partial charge in [-0.1, -0.05) is 0 Å². The summed E-state index contributed by atoms with van der Waals surface area (Å²) in [6, 6.07) is 6.06. The zero-order valence-corrected chi connectivity index (χ0v) is 6.62. The van der Waals surface area contributed by atoms with Crippen LogP contribution in [0.25, 0.3) is 0 Å². The van der Waals surface area contributed by atoms with E-state index >= 15 is 0 Å². The molecule has 12 heavy (non-hydrogen) atoms. The quantitative estimate of drug-likeness (QED) is 0.694. The van der Waals surface area contributed by atoms with Crippen LogP contribution in [0.5, 0.6) is 0 Å². The van der Waals surface area contributed by atoms with Crippen molar-refractivity contribution in [2.75, 3.05) is 0 Å². The Bertz CT molecular complexity index is 326. The molecule has 2 rings (SSSR count). The maximum Gasteiger partial charge on any atom is 0.193 e. The van der Waals surface area contributed by atoms with E-state index in [1.54, 1.807) is 0 Å². The fourth-order valence-electron chi connectivity index (χ4n) is 1.14. The Hall–Kier alpha value is -1.64. The summed E-state index contributed by atoms with van der Waals surface area (Å²) in [5, 5.41) is 5.95. The van der Waals surface area contributed by atoms with Gasteiger partial charge in [-0.05, 0) is 17.7 Å². The van der Waals surface area contributed by atoms with Crippen molar-refractivity contribution in [1.29, 1.82) is 0 Å². The van der Waals surface area contributed by atoms with Crippen molar-refractivity contribution in [3.05, 3.63) is 48.0 Å². The van der Waals surface area contributed by atoms with Gasteiger partial charge in [-0.2, -0.15) is 5.10 Å². The third kappa shape index (κ3) is 1.50. The second-order valence-corrected chi connectivity index (χ2v) is 2.66. The van der Waals surface area contributed by atoms with Crippen molar-refractivity contribution in [1.82, 2.24) is 10.1 Å². The van der Waals surface area contributed by atoms with Crippen LogP contribution in [0, 0.1) is 0 Å². The monoisotopic (exact) mass is 160 g/mol. The molecule has 0 unspecified atom stereocenters. The maximum atomic E-state index is 3.96. The van der Waals surface area contributed by atoms with E-state index in [2.05, 4.69) is 15.2 Å². The second-order valence-electron chi connectivity index (χ2n) is 2.66. The predicted octanol–water partition coefficient (Wildman–Crippen LogP) is 0.815. The van der Waals surface area contributed by atoms with Crippen LogP contribution in [-0.2, 0) is 6.42 Å². The first-order chi connectivity index (χ1) is 5.95. The lowest BCUT2D eigenvalue weighted by Crippen LogP contribution is -2.00. The van der Waals surface area contributed by atoms with Gasteiger partial charge in [0.25, 0.3) is 0 Å². The highest BCUT2D eigenvalue weighted by atomic mass is 15.1. The van der Waals surface area contributed by atoms with Crippen LogP contribution in [0.15, 0.2) is 36.8 Å². The second kappa shape index (κ2) is 3.17. The number of aromatic amines is 2. The number of H-pyrrole nitrogens is 2. The minimum absolute atomic E-state index is 0.923. The Kier molecular flexibility index (Phi) is 1.86. The van der Waals surface area contributed by atoms with Crippen molar-refractivity contribution >= 4 is 0 Å². The number of pyridine rings is 1. The Morgan fingerprint density at radius 3 is 2.75 bits per heavy atom. The number of rotatable bonds is 2. The molecular weight excluding hydrogens is 150 g/mol. The first kappa shape index (κ1) is 7.03. The summed E-state index contributed by atoms with van der Waals surface area (Å²) < 4.78 is 0. The van der Waals surface area contributed by atoms with Gasteiger partial charge in [-0.3, -0.25) is 4.98 Å². The van der Waals surface area contributed by atoms with Crippen molar-refractivity contribution in [2.45, 2.75) is 6.42 Å². The molecule has 2 N–H and O–H groups in total. The number of aromatic nitrogens is 3. The molecule has 0 radical (unpaired) electrons. The molecule has 0 aromatic carbocycles. The molecule has 0 bridgehead atoms. The van der Waals surface area contributed by atoms with Gasteiger partial charge in [-0.15, -0.1) is 5.10 Å². The zero-order valence-electron chi connectivity index (χ0n) is 6.62. The Morgan fingerprint density at radius 1 is 1.25 bits per heavy atom. The first-order valence-electron chi connectivity index (χ1n) is 3.88. The van der Waals surface area contributed by atoms with Crippen molar-refractivity contribution < 1.29 is 5.10 Å². The molecule has 2 heterocycles.